The molecule has 2 aliphatic heterocycles. The summed E-state index contributed by atoms with van der Waals surface area (Å²) >= 11 is 0. The summed E-state index contributed by atoms with van der Waals surface area (Å²) in [6.45, 7) is 3.01. The van der Waals surface area contributed by atoms with E-state index < -0.39 is 0 Å². The number of nitrogens with one attached hydrogen (secondary N) is 1. The summed E-state index contributed by atoms with van der Waals surface area (Å²) in [4.78, 5) is 41.0. The quantitative estimate of drug-likeness (QED) is 0.696. The van der Waals surface area contributed by atoms with Crippen molar-refractivity contribution in [3.63, 3.8) is 0 Å². The second kappa shape index (κ2) is 9.31. The molecular weight excluding hydrogens is 394 g/mol. The van der Waals surface area contributed by atoms with Crippen molar-refractivity contribution >= 4 is 17.7 Å². The third-order valence-electron chi connectivity index (χ3n) is 5.99. The van der Waals surface area contributed by atoms with Gasteiger partial charge >= 0.3 is 0 Å². The van der Waals surface area contributed by atoms with E-state index in [1.165, 1.54) is 4.90 Å². The third-order valence-corrected chi connectivity index (χ3v) is 5.99. The standard InChI is InChI=1S/C24H27N3O4/c1-31-19-7-4-6-17(16-19)22(28)25-18-10-14-26(15-11-18)12-5-13-27-23(29)20-8-2-3-9-21(20)24(27)30/h2-4,6-9,16,18H,5,10-15H2,1H3,(H,25,28). The normalized spacial score (nSPS) is 17.0. The van der Waals surface area contributed by atoms with E-state index in [0.29, 0.717) is 29.0 Å². The molecule has 0 spiro atoms. The van der Waals surface area contributed by atoms with Crippen LogP contribution in [-0.4, -0.2) is 66.9 Å². The first-order valence-electron chi connectivity index (χ1n) is 10.7. The van der Waals surface area contributed by atoms with Crippen molar-refractivity contribution in [2.75, 3.05) is 33.3 Å². The molecule has 0 radical (unpaired) electrons. The van der Waals surface area contributed by atoms with Gasteiger partial charge in [0.25, 0.3) is 17.7 Å². The minimum absolute atomic E-state index is 0.0806. The Labute approximate surface area is 182 Å². The molecule has 0 aromatic heterocycles. The fourth-order valence-corrected chi connectivity index (χ4v) is 4.23. The smallest absolute Gasteiger partial charge is 0.261 e. The maximum Gasteiger partial charge on any atom is 0.261 e. The van der Waals surface area contributed by atoms with E-state index in [1.54, 1.807) is 43.5 Å². The van der Waals surface area contributed by atoms with E-state index in [9.17, 15) is 14.4 Å². The Hall–Kier alpha value is -3.19. The van der Waals surface area contributed by atoms with Crippen LogP contribution in [-0.2, 0) is 0 Å². The zero-order valence-corrected chi connectivity index (χ0v) is 17.7. The average molecular weight is 421 g/mol. The molecule has 0 atom stereocenters. The van der Waals surface area contributed by atoms with Gasteiger partial charge in [-0.3, -0.25) is 19.3 Å². The number of piperidine rings is 1. The zero-order chi connectivity index (χ0) is 21.8. The molecule has 2 aromatic carbocycles. The summed E-state index contributed by atoms with van der Waals surface area (Å²) in [5.41, 5.74) is 1.60. The lowest BCUT2D eigenvalue weighted by Gasteiger charge is -2.32. The van der Waals surface area contributed by atoms with Crippen molar-refractivity contribution in [1.29, 1.82) is 0 Å². The molecule has 162 valence electrons. The van der Waals surface area contributed by atoms with Gasteiger partial charge in [-0.05, 0) is 56.1 Å². The molecule has 3 amide bonds. The molecule has 7 nitrogen and oxygen atoms in total. The van der Waals surface area contributed by atoms with Gasteiger partial charge < -0.3 is 15.0 Å². The Morgan fingerprint density at radius 1 is 1.00 bits per heavy atom. The number of hydrogen-bond acceptors (Lipinski definition) is 5. The molecule has 31 heavy (non-hydrogen) atoms. The van der Waals surface area contributed by atoms with Gasteiger partial charge in [0.15, 0.2) is 0 Å². The molecule has 2 aromatic rings. The van der Waals surface area contributed by atoms with E-state index in [-0.39, 0.29) is 23.8 Å². The van der Waals surface area contributed by atoms with Crippen molar-refractivity contribution in [3.05, 3.63) is 65.2 Å². The van der Waals surface area contributed by atoms with E-state index >= 15 is 0 Å². The molecule has 0 unspecified atom stereocenters. The van der Waals surface area contributed by atoms with Gasteiger partial charge in [0.1, 0.15) is 5.75 Å². The summed E-state index contributed by atoms with van der Waals surface area (Å²) in [5.74, 6) is 0.197. The van der Waals surface area contributed by atoms with Crippen molar-refractivity contribution in [3.8, 4) is 5.75 Å². The second-order valence-electron chi connectivity index (χ2n) is 7.98. The molecular formula is C24H27N3O4. The number of ether oxygens (including phenoxy) is 1. The fourth-order valence-electron chi connectivity index (χ4n) is 4.23. The monoisotopic (exact) mass is 421 g/mol. The van der Waals surface area contributed by atoms with Crippen LogP contribution in [0, 0.1) is 0 Å². The van der Waals surface area contributed by atoms with Crippen LogP contribution >= 0.6 is 0 Å². The fraction of sp³-hybridized carbons (Fsp3) is 0.375. The van der Waals surface area contributed by atoms with Crippen LogP contribution in [0.4, 0.5) is 0 Å². The molecule has 1 fully saturated rings. The number of rotatable bonds is 7. The van der Waals surface area contributed by atoms with E-state index in [4.69, 9.17) is 4.74 Å². The summed E-state index contributed by atoms with van der Waals surface area (Å²) < 4.78 is 5.18. The Kier molecular flexibility index (Phi) is 6.32. The van der Waals surface area contributed by atoms with Crippen LogP contribution in [0.15, 0.2) is 48.5 Å². The van der Waals surface area contributed by atoms with Crippen LogP contribution in [0.1, 0.15) is 50.3 Å². The van der Waals surface area contributed by atoms with E-state index in [1.807, 2.05) is 12.1 Å². The van der Waals surface area contributed by atoms with Crippen LogP contribution in [0.3, 0.4) is 0 Å². The largest absolute Gasteiger partial charge is 0.497 e. The number of carbonyl (C=O) groups excluding carboxylic acids is 3. The number of hydrogen-bond donors (Lipinski definition) is 1. The molecule has 0 aliphatic carbocycles. The minimum atomic E-state index is -0.195. The summed E-state index contributed by atoms with van der Waals surface area (Å²) in [7, 11) is 1.58. The number of nitrogens with zero attached hydrogens (tertiary/aromatic N) is 2. The average Bonchev–Trinajstić information content (AvgIpc) is 3.05. The van der Waals surface area contributed by atoms with Crippen LogP contribution in [0.25, 0.3) is 0 Å². The number of amides is 3. The number of imide groups is 1. The highest BCUT2D eigenvalue weighted by atomic mass is 16.5. The van der Waals surface area contributed by atoms with E-state index in [2.05, 4.69) is 10.2 Å². The lowest BCUT2D eigenvalue weighted by molar-refractivity contribution is 0.0645. The van der Waals surface area contributed by atoms with Gasteiger partial charge in [0, 0.05) is 31.2 Å². The number of carbonyl (C=O) groups is 3. The van der Waals surface area contributed by atoms with Gasteiger partial charge in [-0.15, -0.1) is 0 Å². The third kappa shape index (κ3) is 4.61. The zero-order valence-electron chi connectivity index (χ0n) is 17.7. The first-order chi connectivity index (χ1) is 15.1. The molecule has 1 saturated heterocycles. The first-order valence-corrected chi connectivity index (χ1v) is 10.7. The Bertz CT molecular complexity index is 947. The highest BCUT2D eigenvalue weighted by Crippen LogP contribution is 2.22. The van der Waals surface area contributed by atoms with Crippen LogP contribution in [0.2, 0.25) is 0 Å². The van der Waals surface area contributed by atoms with Crippen molar-refractivity contribution in [2.24, 2.45) is 0 Å². The lowest BCUT2D eigenvalue weighted by Crippen LogP contribution is -2.45. The Balaban J connectivity index is 1.20. The van der Waals surface area contributed by atoms with Crippen molar-refractivity contribution < 1.29 is 19.1 Å². The molecule has 4 rings (SSSR count). The number of fused-ring (bicyclic) bond motifs is 1. The van der Waals surface area contributed by atoms with Gasteiger partial charge in [-0.1, -0.05) is 18.2 Å². The maximum atomic E-state index is 12.5. The van der Waals surface area contributed by atoms with Crippen molar-refractivity contribution in [1.82, 2.24) is 15.1 Å². The SMILES string of the molecule is COc1cccc(C(=O)NC2CCN(CCCN3C(=O)c4ccccc4C3=O)CC2)c1. The highest BCUT2D eigenvalue weighted by molar-refractivity contribution is 6.21. The molecule has 7 heteroatoms. The highest BCUT2D eigenvalue weighted by Gasteiger charge is 2.34. The lowest BCUT2D eigenvalue weighted by atomic mass is 10.0. The summed E-state index contributed by atoms with van der Waals surface area (Å²) in [6, 6.07) is 14.3. The summed E-state index contributed by atoms with van der Waals surface area (Å²) in [6.07, 6.45) is 2.50. The molecule has 2 heterocycles. The molecule has 1 N–H and O–H groups in total. The molecule has 0 saturated carbocycles. The summed E-state index contributed by atoms with van der Waals surface area (Å²) in [5, 5.41) is 3.11. The van der Waals surface area contributed by atoms with Gasteiger partial charge in [0.2, 0.25) is 0 Å². The molecule has 0 bridgehead atoms. The van der Waals surface area contributed by atoms with E-state index in [0.717, 1.165) is 38.9 Å². The topological polar surface area (TPSA) is 79.0 Å². The van der Waals surface area contributed by atoms with Gasteiger partial charge in [-0.25, -0.2) is 0 Å². The Morgan fingerprint density at radius 3 is 2.32 bits per heavy atom. The minimum Gasteiger partial charge on any atom is -0.497 e. The van der Waals surface area contributed by atoms with Crippen LogP contribution < -0.4 is 10.1 Å². The predicted octanol–water partition coefficient (Wildman–Crippen LogP) is 2.58. The Morgan fingerprint density at radius 2 is 1.68 bits per heavy atom. The predicted molar refractivity (Wildman–Crippen MR) is 116 cm³/mol. The number of methoxy groups -OCH3 is 1. The molecule has 2 aliphatic rings. The number of likely N-dealkylation sites (tertiary alicyclic amines) is 1. The van der Waals surface area contributed by atoms with Crippen molar-refractivity contribution in [2.45, 2.75) is 25.3 Å². The number of benzene rings is 2. The second-order valence-corrected chi connectivity index (χ2v) is 7.98. The van der Waals surface area contributed by atoms with Gasteiger partial charge in [0.05, 0.1) is 18.2 Å². The van der Waals surface area contributed by atoms with Crippen LogP contribution in [0.5, 0.6) is 5.75 Å². The van der Waals surface area contributed by atoms with Gasteiger partial charge in [-0.2, -0.15) is 0 Å². The first kappa shape index (κ1) is 21.1. The maximum absolute atomic E-state index is 12.5.